The smallest absolute Gasteiger partial charge is 0.309 e. The van der Waals surface area contributed by atoms with Crippen molar-refractivity contribution < 1.29 is 13.9 Å². The summed E-state index contributed by atoms with van der Waals surface area (Å²) in [6.07, 6.45) is 2.62. The minimum Gasteiger partial charge on any atom is -0.466 e. The molecule has 1 fully saturated rings. The number of pyridine rings is 1. The summed E-state index contributed by atoms with van der Waals surface area (Å²) in [5.74, 6) is -0.182. The summed E-state index contributed by atoms with van der Waals surface area (Å²) in [7, 11) is 0. The van der Waals surface area contributed by atoms with Crippen LogP contribution in [-0.2, 0) is 9.53 Å². The van der Waals surface area contributed by atoms with Gasteiger partial charge in [-0.25, -0.2) is 4.39 Å². The van der Waals surface area contributed by atoms with E-state index in [0.717, 1.165) is 23.2 Å². The van der Waals surface area contributed by atoms with Crippen molar-refractivity contribution in [3.63, 3.8) is 0 Å². The van der Waals surface area contributed by atoms with Crippen molar-refractivity contribution >= 4 is 5.97 Å². The van der Waals surface area contributed by atoms with Crippen LogP contribution < -0.4 is 0 Å². The average Bonchev–Trinajstić information content (AvgIpc) is 3.29. The summed E-state index contributed by atoms with van der Waals surface area (Å²) in [6, 6.07) is 10.1. The third-order valence-electron chi connectivity index (χ3n) is 3.73. The monoisotopic (exact) mass is 285 g/mol. The lowest BCUT2D eigenvalue weighted by molar-refractivity contribution is -0.144. The van der Waals surface area contributed by atoms with Crippen LogP contribution in [0.1, 0.15) is 24.8 Å². The molecule has 2 unspecified atom stereocenters. The first-order valence-corrected chi connectivity index (χ1v) is 7.07. The third-order valence-corrected chi connectivity index (χ3v) is 3.73. The van der Waals surface area contributed by atoms with Crippen LogP contribution in [0.2, 0.25) is 0 Å². The van der Waals surface area contributed by atoms with Gasteiger partial charge < -0.3 is 4.74 Å². The van der Waals surface area contributed by atoms with E-state index in [0.29, 0.717) is 6.61 Å². The standard InChI is InChI=1S/C17H16FNO2/c1-2-21-17(20)15-9-14(15)12-5-8-16(19-10-12)11-3-6-13(18)7-4-11/h3-8,10,14-15H,2,9H2,1H3. The summed E-state index contributed by atoms with van der Waals surface area (Å²) in [5.41, 5.74) is 2.73. The van der Waals surface area contributed by atoms with Gasteiger partial charge in [-0.1, -0.05) is 6.07 Å². The first-order chi connectivity index (χ1) is 10.2. The van der Waals surface area contributed by atoms with Crippen LogP contribution in [0.15, 0.2) is 42.6 Å². The molecule has 2 aromatic rings. The number of carbonyl (C=O) groups excluding carboxylic acids is 1. The molecule has 1 aromatic carbocycles. The number of nitrogens with zero attached hydrogens (tertiary/aromatic N) is 1. The van der Waals surface area contributed by atoms with Gasteiger partial charge in [0, 0.05) is 11.8 Å². The number of hydrogen-bond donors (Lipinski definition) is 0. The van der Waals surface area contributed by atoms with Crippen LogP contribution in [0.5, 0.6) is 0 Å². The quantitative estimate of drug-likeness (QED) is 0.806. The lowest BCUT2D eigenvalue weighted by Gasteiger charge is -2.04. The zero-order valence-corrected chi connectivity index (χ0v) is 11.8. The molecule has 0 bridgehead atoms. The van der Waals surface area contributed by atoms with Crippen molar-refractivity contribution in [1.29, 1.82) is 0 Å². The van der Waals surface area contributed by atoms with Gasteiger partial charge in [0.1, 0.15) is 5.82 Å². The predicted octanol–water partition coefficient (Wildman–Crippen LogP) is 3.55. The molecule has 0 N–H and O–H groups in total. The number of rotatable bonds is 4. The SMILES string of the molecule is CCOC(=O)C1CC1c1ccc(-c2ccc(F)cc2)nc1. The molecule has 3 nitrogen and oxygen atoms in total. The summed E-state index contributed by atoms with van der Waals surface area (Å²) in [4.78, 5) is 16.0. The molecular formula is C17H16FNO2. The van der Waals surface area contributed by atoms with Gasteiger partial charge in [-0.3, -0.25) is 9.78 Å². The zero-order valence-electron chi connectivity index (χ0n) is 11.8. The number of esters is 1. The summed E-state index contributed by atoms with van der Waals surface area (Å²) in [5, 5.41) is 0. The van der Waals surface area contributed by atoms with E-state index in [1.165, 1.54) is 12.1 Å². The predicted molar refractivity (Wildman–Crippen MR) is 77.1 cm³/mol. The van der Waals surface area contributed by atoms with Crippen molar-refractivity contribution in [2.75, 3.05) is 6.61 Å². The van der Waals surface area contributed by atoms with Crippen molar-refractivity contribution in [2.45, 2.75) is 19.3 Å². The van der Waals surface area contributed by atoms with Gasteiger partial charge in [-0.15, -0.1) is 0 Å². The van der Waals surface area contributed by atoms with Crippen molar-refractivity contribution in [3.05, 3.63) is 54.0 Å². The molecule has 21 heavy (non-hydrogen) atoms. The van der Waals surface area contributed by atoms with Crippen LogP contribution in [0, 0.1) is 11.7 Å². The Bertz CT molecular complexity index is 637. The Morgan fingerprint density at radius 3 is 2.67 bits per heavy atom. The van der Waals surface area contributed by atoms with E-state index in [1.807, 2.05) is 19.1 Å². The van der Waals surface area contributed by atoms with Gasteiger partial charge in [-0.05, 0) is 55.2 Å². The van der Waals surface area contributed by atoms with Crippen molar-refractivity contribution in [1.82, 2.24) is 4.98 Å². The second kappa shape index (κ2) is 5.64. The van der Waals surface area contributed by atoms with Crippen LogP contribution in [-0.4, -0.2) is 17.6 Å². The van der Waals surface area contributed by atoms with E-state index in [9.17, 15) is 9.18 Å². The molecule has 1 heterocycles. The Morgan fingerprint density at radius 2 is 2.05 bits per heavy atom. The van der Waals surface area contributed by atoms with Crippen LogP contribution >= 0.6 is 0 Å². The van der Waals surface area contributed by atoms with E-state index in [-0.39, 0.29) is 23.6 Å². The van der Waals surface area contributed by atoms with E-state index >= 15 is 0 Å². The first-order valence-electron chi connectivity index (χ1n) is 7.07. The van der Waals surface area contributed by atoms with E-state index in [4.69, 9.17) is 4.74 Å². The molecule has 0 radical (unpaired) electrons. The Labute approximate surface area is 122 Å². The number of hydrogen-bond acceptors (Lipinski definition) is 3. The van der Waals surface area contributed by atoms with Crippen LogP contribution in [0.4, 0.5) is 4.39 Å². The van der Waals surface area contributed by atoms with E-state index < -0.39 is 0 Å². The Hall–Kier alpha value is -2.23. The average molecular weight is 285 g/mol. The fourth-order valence-electron chi connectivity index (χ4n) is 2.49. The maximum Gasteiger partial charge on any atom is 0.309 e. The molecule has 0 spiro atoms. The highest BCUT2D eigenvalue weighted by atomic mass is 19.1. The van der Waals surface area contributed by atoms with Gasteiger partial charge in [0.05, 0.1) is 18.2 Å². The molecule has 0 aliphatic heterocycles. The number of halogens is 1. The van der Waals surface area contributed by atoms with Gasteiger partial charge in [0.2, 0.25) is 0 Å². The second-order valence-corrected chi connectivity index (χ2v) is 5.18. The molecule has 1 aromatic heterocycles. The molecule has 1 saturated carbocycles. The molecule has 3 rings (SSSR count). The van der Waals surface area contributed by atoms with Gasteiger partial charge >= 0.3 is 5.97 Å². The third kappa shape index (κ3) is 2.94. The molecular weight excluding hydrogens is 269 g/mol. The minimum atomic E-state index is -0.259. The molecule has 0 saturated heterocycles. The lowest BCUT2D eigenvalue weighted by atomic mass is 10.1. The number of ether oxygens (including phenoxy) is 1. The zero-order chi connectivity index (χ0) is 14.8. The highest BCUT2D eigenvalue weighted by molar-refractivity contribution is 5.77. The van der Waals surface area contributed by atoms with Crippen LogP contribution in [0.3, 0.4) is 0 Å². The summed E-state index contributed by atoms with van der Waals surface area (Å²) >= 11 is 0. The molecule has 1 aliphatic carbocycles. The van der Waals surface area contributed by atoms with E-state index in [2.05, 4.69) is 4.98 Å². The fraction of sp³-hybridized carbons (Fsp3) is 0.294. The van der Waals surface area contributed by atoms with Crippen molar-refractivity contribution in [2.24, 2.45) is 5.92 Å². The normalized spacial score (nSPS) is 20.1. The van der Waals surface area contributed by atoms with Crippen molar-refractivity contribution in [3.8, 4) is 11.3 Å². The Morgan fingerprint density at radius 1 is 1.29 bits per heavy atom. The molecule has 0 amide bonds. The number of benzene rings is 1. The Balaban J connectivity index is 1.71. The molecule has 2 atom stereocenters. The summed E-state index contributed by atoms with van der Waals surface area (Å²) < 4.78 is 17.9. The minimum absolute atomic E-state index is 0.0246. The Kier molecular flexibility index (Phi) is 3.69. The summed E-state index contributed by atoms with van der Waals surface area (Å²) in [6.45, 7) is 2.23. The largest absolute Gasteiger partial charge is 0.466 e. The maximum atomic E-state index is 12.9. The first kappa shape index (κ1) is 13.7. The molecule has 108 valence electrons. The molecule has 1 aliphatic rings. The number of carbonyl (C=O) groups is 1. The van der Waals surface area contributed by atoms with Gasteiger partial charge in [0.25, 0.3) is 0 Å². The fourth-order valence-corrected chi connectivity index (χ4v) is 2.49. The van der Waals surface area contributed by atoms with Gasteiger partial charge in [-0.2, -0.15) is 0 Å². The lowest BCUT2D eigenvalue weighted by Crippen LogP contribution is -2.07. The van der Waals surface area contributed by atoms with Gasteiger partial charge in [0.15, 0.2) is 0 Å². The topological polar surface area (TPSA) is 39.2 Å². The number of aromatic nitrogens is 1. The van der Waals surface area contributed by atoms with E-state index in [1.54, 1.807) is 18.3 Å². The second-order valence-electron chi connectivity index (χ2n) is 5.18. The highest BCUT2D eigenvalue weighted by Crippen LogP contribution is 2.48. The highest BCUT2D eigenvalue weighted by Gasteiger charge is 2.45. The van der Waals surface area contributed by atoms with Crippen LogP contribution in [0.25, 0.3) is 11.3 Å². The maximum absolute atomic E-state index is 12.9. The molecule has 4 heteroatoms.